The number of hydrogen-bond acceptors (Lipinski definition) is 6. The van der Waals surface area contributed by atoms with Gasteiger partial charge < -0.3 is 4.90 Å². The Morgan fingerprint density at radius 3 is 2.62 bits per heavy atom. The zero-order valence-electron chi connectivity index (χ0n) is 19.5. The van der Waals surface area contributed by atoms with Gasteiger partial charge >= 0.3 is 0 Å². The van der Waals surface area contributed by atoms with E-state index in [1.54, 1.807) is 12.3 Å². The fourth-order valence-electron chi connectivity index (χ4n) is 4.77. The number of benzene rings is 2. The maximum atomic E-state index is 11.9. The van der Waals surface area contributed by atoms with Crippen LogP contribution < -0.4 is 10.2 Å². The normalized spacial score (nSPS) is 18.2. The molecule has 7 heteroatoms. The average Bonchev–Trinajstić information content (AvgIpc) is 3.15. The summed E-state index contributed by atoms with van der Waals surface area (Å²) in [4.78, 5) is 33.5. The highest BCUT2D eigenvalue weighted by Gasteiger charge is 2.25. The first-order valence-electron chi connectivity index (χ1n) is 11.7. The number of carbonyl (C=O) groups is 2. The van der Waals surface area contributed by atoms with Crippen LogP contribution in [0.4, 0.5) is 10.5 Å². The topological polar surface area (TPSA) is 65.5 Å². The molecule has 0 saturated carbocycles. The zero-order valence-corrected chi connectivity index (χ0v) is 20.3. The smallest absolute Gasteiger partial charge is 0.290 e. The highest BCUT2D eigenvalue weighted by atomic mass is 32.2. The minimum absolute atomic E-state index is 0.340. The molecule has 0 radical (unpaired) electrons. The molecule has 2 aromatic carbocycles. The van der Waals surface area contributed by atoms with Crippen molar-refractivity contribution < 1.29 is 9.59 Å². The summed E-state index contributed by atoms with van der Waals surface area (Å²) in [6.07, 6.45) is 4.67. The first-order chi connectivity index (χ1) is 16.5. The van der Waals surface area contributed by atoms with Gasteiger partial charge in [-0.25, -0.2) is 0 Å². The predicted molar refractivity (Wildman–Crippen MR) is 140 cm³/mol. The fraction of sp³-hybridized carbons (Fsp3) is 0.296. The van der Waals surface area contributed by atoms with E-state index >= 15 is 0 Å². The van der Waals surface area contributed by atoms with Crippen molar-refractivity contribution >= 4 is 45.6 Å². The number of fused-ring (bicyclic) bond motifs is 1. The quantitative estimate of drug-likeness (QED) is 0.523. The Bertz CT molecular complexity index is 1300. The van der Waals surface area contributed by atoms with Crippen LogP contribution in [-0.4, -0.2) is 53.8 Å². The van der Waals surface area contributed by atoms with E-state index in [9.17, 15) is 9.59 Å². The Hall–Kier alpha value is -3.16. The lowest BCUT2D eigenvalue weighted by molar-refractivity contribution is -0.115. The van der Waals surface area contributed by atoms with Gasteiger partial charge in [0.15, 0.2) is 0 Å². The number of aryl methyl sites for hydroxylation is 1. The van der Waals surface area contributed by atoms with Gasteiger partial charge in [0.2, 0.25) is 0 Å². The van der Waals surface area contributed by atoms with Crippen LogP contribution in [0.5, 0.6) is 0 Å². The number of imide groups is 1. The third kappa shape index (κ3) is 4.58. The average molecular weight is 473 g/mol. The summed E-state index contributed by atoms with van der Waals surface area (Å²) in [7, 11) is 0. The molecule has 34 heavy (non-hydrogen) atoms. The number of pyridine rings is 1. The van der Waals surface area contributed by atoms with Crippen LogP contribution in [0.15, 0.2) is 53.6 Å². The van der Waals surface area contributed by atoms with E-state index in [1.165, 1.54) is 24.2 Å². The standard InChI is InChI=1S/C27H28N4O2S/c1-3-9-30-10-12-31(13-11-30)24-8-7-20(14-18(24)2)21-5-4-6-23-22(21)15-19(17-28-23)16-25-26(32)29-27(33)34-25/h4-8,14-17H,3,9-13H2,1-2H3,(H,29,32,33). The summed E-state index contributed by atoms with van der Waals surface area (Å²) in [5.41, 5.74) is 6.51. The molecule has 174 valence electrons. The van der Waals surface area contributed by atoms with Crippen molar-refractivity contribution in [1.29, 1.82) is 0 Å². The van der Waals surface area contributed by atoms with Gasteiger partial charge in [0.25, 0.3) is 11.1 Å². The molecule has 2 amide bonds. The van der Waals surface area contributed by atoms with Crippen LogP contribution in [0.2, 0.25) is 0 Å². The predicted octanol–water partition coefficient (Wildman–Crippen LogP) is 5.07. The minimum Gasteiger partial charge on any atom is -0.369 e. The van der Waals surface area contributed by atoms with E-state index in [2.05, 4.69) is 58.2 Å². The molecule has 0 bridgehead atoms. The number of amides is 2. The van der Waals surface area contributed by atoms with Crippen molar-refractivity contribution in [3.8, 4) is 11.1 Å². The molecule has 1 N–H and O–H groups in total. The maximum absolute atomic E-state index is 11.9. The molecule has 2 aliphatic rings. The van der Waals surface area contributed by atoms with Crippen LogP contribution in [0.25, 0.3) is 28.1 Å². The molecular weight excluding hydrogens is 444 g/mol. The Balaban J connectivity index is 1.45. The minimum atomic E-state index is -0.356. The summed E-state index contributed by atoms with van der Waals surface area (Å²) in [6, 6.07) is 14.9. The molecule has 2 fully saturated rings. The Kier molecular flexibility index (Phi) is 6.39. The van der Waals surface area contributed by atoms with Crippen molar-refractivity contribution in [2.45, 2.75) is 20.3 Å². The van der Waals surface area contributed by atoms with Crippen molar-refractivity contribution in [3.63, 3.8) is 0 Å². The summed E-state index contributed by atoms with van der Waals surface area (Å²) >= 11 is 0.920. The first kappa shape index (κ1) is 22.6. The third-order valence-electron chi connectivity index (χ3n) is 6.45. The molecule has 0 unspecified atom stereocenters. The van der Waals surface area contributed by atoms with Gasteiger partial charge in [0.1, 0.15) is 0 Å². The zero-order chi connectivity index (χ0) is 23.7. The molecule has 1 aromatic heterocycles. The van der Waals surface area contributed by atoms with Gasteiger partial charge in [-0.3, -0.25) is 24.8 Å². The number of nitrogens with zero attached hydrogens (tertiary/aromatic N) is 3. The number of anilines is 1. The number of thioether (sulfide) groups is 1. The van der Waals surface area contributed by atoms with Gasteiger partial charge in [0.05, 0.1) is 10.4 Å². The summed E-state index contributed by atoms with van der Waals surface area (Å²) in [5, 5.41) is 2.98. The number of piperazine rings is 1. The molecule has 3 aromatic rings. The Labute approximate surface area is 204 Å². The van der Waals surface area contributed by atoms with Crippen LogP contribution in [0, 0.1) is 6.92 Å². The molecule has 6 nitrogen and oxygen atoms in total. The third-order valence-corrected chi connectivity index (χ3v) is 7.26. The van der Waals surface area contributed by atoms with E-state index in [4.69, 9.17) is 0 Å². The number of nitrogens with one attached hydrogen (secondary N) is 1. The lowest BCUT2D eigenvalue weighted by atomic mass is 9.97. The highest BCUT2D eigenvalue weighted by molar-refractivity contribution is 8.18. The van der Waals surface area contributed by atoms with Gasteiger partial charge in [-0.15, -0.1) is 0 Å². The van der Waals surface area contributed by atoms with E-state index in [0.717, 1.165) is 65.5 Å². The van der Waals surface area contributed by atoms with Crippen molar-refractivity contribution in [1.82, 2.24) is 15.2 Å². The largest absolute Gasteiger partial charge is 0.369 e. The van der Waals surface area contributed by atoms with Crippen LogP contribution in [-0.2, 0) is 4.79 Å². The molecule has 0 spiro atoms. The fourth-order valence-corrected chi connectivity index (χ4v) is 5.46. The second-order valence-corrected chi connectivity index (χ2v) is 9.84. The number of carbonyl (C=O) groups excluding carboxylic acids is 2. The van der Waals surface area contributed by atoms with Gasteiger partial charge in [-0.2, -0.15) is 0 Å². The summed E-state index contributed by atoms with van der Waals surface area (Å²) in [5.74, 6) is -0.356. The first-order valence-corrected chi connectivity index (χ1v) is 12.6. The van der Waals surface area contributed by atoms with Gasteiger partial charge in [-0.05, 0) is 84.2 Å². The van der Waals surface area contributed by atoms with Crippen molar-refractivity contribution in [2.24, 2.45) is 0 Å². The molecule has 0 atom stereocenters. The number of rotatable bonds is 5. The number of aromatic nitrogens is 1. The number of hydrogen-bond donors (Lipinski definition) is 1. The monoisotopic (exact) mass is 472 g/mol. The van der Waals surface area contributed by atoms with E-state index in [-0.39, 0.29) is 11.1 Å². The van der Waals surface area contributed by atoms with Crippen LogP contribution in [0.1, 0.15) is 24.5 Å². The molecular formula is C27H28N4O2S. The van der Waals surface area contributed by atoms with Crippen LogP contribution in [0.3, 0.4) is 0 Å². The summed E-state index contributed by atoms with van der Waals surface area (Å²) < 4.78 is 0. The lowest BCUT2D eigenvalue weighted by Crippen LogP contribution is -2.46. The molecule has 3 heterocycles. The van der Waals surface area contributed by atoms with E-state index < -0.39 is 0 Å². The van der Waals surface area contributed by atoms with Gasteiger partial charge in [0, 0.05) is 43.4 Å². The Morgan fingerprint density at radius 2 is 1.91 bits per heavy atom. The van der Waals surface area contributed by atoms with E-state index in [0.29, 0.717) is 4.91 Å². The molecule has 2 aliphatic heterocycles. The molecule has 2 saturated heterocycles. The lowest BCUT2D eigenvalue weighted by Gasteiger charge is -2.36. The Morgan fingerprint density at radius 1 is 1.09 bits per heavy atom. The highest BCUT2D eigenvalue weighted by Crippen LogP contribution is 2.33. The van der Waals surface area contributed by atoms with E-state index in [1.807, 2.05) is 18.2 Å². The molecule has 0 aliphatic carbocycles. The second kappa shape index (κ2) is 9.60. The SMILES string of the molecule is CCCN1CCN(c2ccc(-c3cccc4ncc(C=C5SC(=O)NC5=O)cc34)cc2C)CC1. The molecule has 5 rings (SSSR count). The van der Waals surface area contributed by atoms with Gasteiger partial charge in [-0.1, -0.05) is 25.1 Å². The maximum Gasteiger partial charge on any atom is 0.290 e. The van der Waals surface area contributed by atoms with Crippen molar-refractivity contribution in [2.75, 3.05) is 37.6 Å². The summed E-state index contributed by atoms with van der Waals surface area (Å²) in [6.45, 7) is 9.95. The van der Waals surface area contributed by atoms with Crippen molar-refractivity contribution in [3.05, 3.63) is 64.7 Å². The second-order valence-electron chi connectivity index (χ2n) is 8.82. The van der Waals surface area contributed by atoms with Crippen LogP contribution >= 0.6 is 11.8 Å².